The number of para-hydroxylation sites is 1. The molecule has 0 amide bonds. The lowest BCUT2D eigenvalue weighted by Gasteiger charge is -2.22. The summed E-state index contributed by atoms with van der Waals surface area (Å²) < 4.78 is 6.31. The molecule has 0 saturated carbocycles. The molecule has 0 radical (unpaired) electrons. The molecule has 2 aliphatic rings. The Balaban J connectivity index is 1.14. The Bertz CT molecular complexity index is 2350. The van der Waals surface area contributed by atoms with Gasteiger partial charge in [-0.15, -0.1) is 0 Å². The van der Waals surface area contributed by atoms with Gasteiger partial charge >= 0.3 is 0 Å². The van der Waals surface area contributed by atoms with Gasteiger partial charge < -0.3 is 4.74 Å². The van der Waals surface area contributed by atoms with Crippen LogP contribution in [0.4, 0.5) is 0 Å². The molecular weight excluding hydrogens is 550 g/mol. The van der Waals surface area contributed by atoms with Crippen LogP contribution in [0.2, 0.25) is 0 Å². The van der Waals surface area contributed by atoms with E-state index in [-0.39, 0.29) is 0 Å². The fourth-order valence-corrected chi connectivity index (χ4v) is 6.52. The smallest absolute Gasteiger partial charge is 0.160 e. The lowest BCUT2D eigenvalue weighted by Crippen LogP contribution is -1.99. The Morgan fingerprint density at radius 3 is 2.33 bits per heavy atom. The van der Waals surface area contributed by atoms with E-state index in [0.29, 0.717) is 5.82 Å². The molecular formula is C41H27N3O. The summed E-state index contributed by atoms with van der Waals surface area (Å²) in [6.07, 6.45) is 10.7. The number of hydrogen-bond acceptors (Lipinski definition) is 4. The zero-order chi connectivity index (χ0) is 29.7. The minimum absolute atomic E-state index is 0.709. The van der Waals surface area contributed by atoms with Crippen molar-refractivity contribution in [3.8, 4) is 56.5 Å². The van der Waals surface area contributed by atoms with Crippen LogP contribution in [0, 0.1) is 0 Å². The predicted octanol–water partition coefficient (Wildman–Crippen LogP) is 10.7. The fourth-order valence-electron chi connectivity index (χ4n) is 6.52. The Labute approximate surface area is 261 Å². The van der Waals surface area contributed by atoms with E-state index in [4.69, 9.17) is 19.7 Å². The number of rotatable bonds is 4. The maximum absolute atomic E-state index is 6.31. The summed E-state index contributed by atoms with van der Waals surface area (Å²) >= 11 is 0. The third kappa shape index (κ3) is 4.42. The molecule has 0 spiro atoms. The quantitative estimate of drug-likeness (QED) is 0.209. The predicted molar refractivity (Wildman–Crippen MR) is 183 cm³/mol. The zero-order valence-corrected chi connectivity index (χ0v) is 24.4. The normalized spacial score (nSPS) is 13.4. The van der Waals surface area contributed by atoms with Crippen molar-refractivity contribution in [1.82, 2.24) is 15.0 Å². The number of pyridine rings is 1. The molecule has 1 aliphatic heterocycles. The molecule has 7 aromatic rings. The molecule has 0 bridgehead atoms. The van der Waals surface area contributed by atoms with Crippen LogP contribution in [0.3, 0.4) is 0 Å². The molecule has 0 N–H and O–H groups in total. The summed E-state index contributed by atoms with van der Waals surface area (Å²) in [6, 6.07) is 39.9. The second-order valence-corrected chi connectivity index (χ2v) is 11.5. The van der Waals surface area contributed by atoms with Gasteiger partial charge in [-0.1, -0.05) is 97.1 Å². The number of ether oxygens (including phenoxy) is 1. The first-order valence-electron chi connectivity index (χ1n) is 15.3. The summed E-state index contributed by atoms with van der Waals surface area (Å²) in [5.74, 6) is 2.48. The second-order valence-electron chi connectivity index (χ2n) is 11.5. The van der Waals surface area contributed by atoms with Gasteiger partial charge in [-0.3, -0.25) is 4.98 Å². The van der Waals surface area contributed by atoms with Crippen molar-refractivity contribution in [2.45, 2.75) is 12.8 Å². The molecule has 4 nitrogen and oxygen atoms in total. The third-order valence-corrected chi connectivity index (χ3v) is 8.74. The van der Waals surface area contributed by atoms with Crippen LogP contribution >= 0.6 is 0 Å². The number of aromatic nitrogens is 3. The van der Waals surface area contributed by atoms with Gasteiger partial charge in [0.15, 0.2) is 5.82 Å². The highest BCUT2D eigenvalue weighted by Gasteiger charge is 2.21. The van der Waals surface area contributed by atoms with Gasteiger partial charge in [0.1, 0.15) is 11.5 Å². The van der Waals surface area contributed by atoms with Gasteiger partial charge in [-0.05, 0) is 71.1 Å². The molecule has 0 fully saturated rings. The van der Waals surface area contributed by atoms with Crippen LogP contribution in [0.5, 0.6) is 11.5 Å². The summed E-state index contributed by atoms with van der Waals surface area (Å²) in [4.78, 5) is 15.0. The highest BCUT2D eigenvalue weighted by atomic mass is 16.5. The Morgan fingerprint density at radius 2 is 1.42 bits per heavy atom. The summed E-state index contributed by atoms with van der Waals surface area (Å²) in [6.45, 7) is 0. The van der Waals surface area contributed by atoms with Crippen molar-refractivity contribution < 1.29 is 4.74 Å². The average molecular weight is 578 g/mol. The molecule has 2 aromatic heterocycles. The van der Waals surface area contributed by atoms with Gasteiger partial charge in [0, 0.05) is 39.2 Å². The van der Waals surface area contributed by atoms with Crippen molar-refractivity contribution in [3.63, 3.8) is 0 Å². The highest BCUT2D eigenvalue weighted by molar-refractivity contribution is 6.10. The summed E-state index contributed by atoms with van der Waals surface area (Å²) in [5.41, 5.74) is 9.36. The third-order valence-electron chi connectivity index (χ3n) is 8.74. The van der Waals surface area contributed by atoms with Gasteiger partial charge in [0.2, 0.25) is 0 Å². The molecule has 0 atom stereocenters. The highest BCUT2D eigenvalue weighted by Crippen LogP contribution is 2.48. The minimum atomic E-state index is 0.709. The number of nitrogens with zero attached hydrogens (tertiary/aromatic N) is 3. The fraction of sp³-hybridized carbons (Fsp3) is 0.0488. The molecule has 0 saturated heterocycles. The van der Waals surface area contributed by atoms with Gasteiger partial charge in [-0.2, -0.15) is 0 Å². The molecule has 212 valence electrons. The standard InChI is InChI=1S/C41H27N3O/c1-3-10-26(11-4-1)35-24-36(27-12-5-2-6-13-27)44-41(43-35)29-19-18-28-23-37(42-25-30(28)22-29)31-20-21-39-40-33(31)15-9-16-34(40)32-14-7-8-17-38(32)45-39/h1,3-5,7-25H,2,6H2. The van der Waals surface area contributed by atoms with E-state index in [1.807, 2.05) is 36.5 Å². The number of hydrogen-bond donors (Lipinski definition) is 0. The van der Waals surface area contributed by atoms with Gasteiger partial charge in [-0.25, -0.2) is 9.97 Å². The Morgan fingerprint density at radius 1 is 0.556 bits per heavy atom. The largest absolute Gasteiger partial charge is 0.456 e. The van der Waals surface area contributed by atoms with Crippen LogP contribution in [-0.2, 0) is 0 Å². The van der Waals surface area contributed by atoms with Crippen molar-refractivity contribution in [1.29, 1.82) is 0 Å². The van der Waals surface area contributed by atoms with Crippen molar-refractivity contribution >= 4 is 27.1 Å². The first kappa shape index (κ1) is 25.6. The SMILES string of the molecule is C1=CC(c2cc(-c3ccccc3)nc(-c3ccc4cc(-c5ccc6c7c(cccc57)-c5ccccc5O6)ncc4c3)n2)=CCC1. The summed E-state index contributed by atoms with van der Waals surface area (Å²) in [7, 11) is 0. The van der Waals surface area contributed by atoms with Crippen LogP contribution in [0.25, 0.3) is 72.1 Å². The van der Waals surface area contributed by atoms with Gasteiger partial charge in [0.05, 0.1) is 17.1 Å². The molecule has 4 heteroatoms. The average Bonchev–Trinajstić information content (AvgIpc) is 3.12. The summed E-state index contributed by atoms with van der Waals surface area (Å²) in [5, 5.41) is 4.42. The van der Waals surface area contributed by atoms with Gasteiger partial charge in [0.25, 0.3) is 0 Å². The number of fused-ring (bicyclic) bond motifs is 3. The monoisotopic (exact) mass is 577 g/mol. The van der Waals surface area contributed by atoms with E-state index >= 15 is 0 Å². The minimum Gasteiger partial charge on any atom is -0.456 e. The lowest BCUT2D eigenvalue weighted by atomic mass is 9.91. The van der Waals surface area contributed by atoms with E-state index in [1.165, 1.54) is 5.56 Å². The van der Waals surface area contributed by atoms with Crippen LogP contribution in [-0.4, -0.2) is 15.0 Å². The van der Waals surface area contributed by atoms with E-state index in [0.717, 1.165) is 90.8 Å². The zero-order valence-electron chi connectivity index (χ0n) is 24.4. The molecule has 45 heavy (non-hydrogen) atoms. The van der Waals surface area contributed by atoms with Crippen molar-refractivity contribution in [2.24, 2.45) is 0 Å². The first-order valence-corrected chi connectivity index (χ1v) is 15.3. The second kappa shape index (κ2) is 10.4. The topological polar surface area (TPSA) is 47.9 Å². The van der Waals surface area contributed by atoms with Crippen LogP contribution in [0.1, 0.15) is 18.5 Å². The van der Waals surface area contributed by atoms with E-state index < -0.39 is 0 Å². The maximum atomic E-state index is 6.31. The van der Waals surface area contributed by atoms with Crippen molar-refractivity contribution in [3.05, 3.63) is 145 Å². The molecule has 3 heterocycles. The molecule has 5 aromatic carbocycles. The van der Waals surface area contributed by atoms with Crippen LogP contribution in [0.15, 0.2) is 140 Å². The van der Waals surface area contributed by atoms with Crippen LogP contribution < -0.4 is 4.74 Å². The molecule has 0 unspecified atom stereocenters. The molecule has 9 rings (SSSR count). The first-order chi connectivity index (χ1) is 22.3. The Hall–Kier alpha value is -5.87. The maximum Gasteiger partial charge on any atom is 0.160 e. The van der Waals surface area contributed by atoms with E-state index in [1.54, 1.807) is 0 Å². The lowest BCUT2D eigenvalue weighted by molar-refractivity contribution is 0.487. The Kier molecular flexibility index (Phi) is 5.91. The number of benzene rings is 5. The molecule has 1 aliphatic carbocycles. The van der Waals surface area contributed by atoms with E-state index in [9.17, 15) is 0 Å². The number of allylic oxidation sites excluding steroid dienone is 4. The van der Waals surface area contributed by atoms with E-state index in [2.05, 4.69) is 103 Å². The van der Waals surface area contributed by atoms with Crippen molar-refractivity contribution in [2.75, 3.05) is 0 Å².